The maximum Gasteiger partial charge on any atom is 0.326 e. The Balaban J connectivity index is 2.22. The molecule has 0 aliphatic heterocycles. The second-order valence-corrected chi connectivity index (χ2v) is 9.86. The quantitative estimate of drug-likeness (QED) is 0.129. The Hall–Kier alpha value is -4.46. The van der Waals surface area contributed by atoms with Gasteiger partial charge in [-0.3, -0.25) is 24.0 Å². The van der Waals surface area contributed by atoms with Gasteiger partial charge in [0, 0.05) is 36.4 Å². The number of carboxylic acids is 3. The molecule has 14 heteroatoms. The van der Waals surface area contributed by atoms with Gasteiger partial charge in [-0.15, -0.1) is 0 Å². The van der Waals surface area contributed by atoms with Crippen LogP contribution in [0.5, 0.6) is 0 Å². The minimum Gasteiger partial charge on any atom is -0.481 e. The number of aliphatic carboxylic acids is 3. The van der Waals surface area contributed by atoms with E-state index in [4.69, 9.17) is 15.9 Å². The summed E-state index contributed by atoms with van der Waals surface area (Å²) in [6.07, 6.45) is 0.343. The second kappa shape index (κ2) is 15.4. The molecule has 0 saturated heterocycles. The van der Waals surface area contributed by atoms with Crippen LogP contribution in [-0.4, -0.2) is 80.1 Å². The number of carboxylic acid groups (broad SMARTS) is 3. The molecule has 5 atom stereocenters. The summed E-state index contributed by atoms with van der Waals surface area (Å²) in [4.78, 5) is 76.3. The lowest BCUT2D eigenvalue weighted by Crippen LogP contribution is -2.57. The normalized spacial score (nSPS) is 14.7. The first-order chi connectivity index (χ1) is 19.3. The van der Waals surface area contributed by atoms with Crippen molar-refractivity contribution in [1.82, 2.24) is 20.9 Å². The fourth-order valence-electron chi connectivity index (χ4n) is 4.12. The number of rotatable bonds is 17. The van der Waals surface area contributed by atoms with Crippen molar-refractivity contribution in [3.63, 3.8) is 0 Å². The first-order valence-electron chi connectivity index (χ1n) is 13.2. The molecule has 0 bridgehead atoms. The molecule has 1 aromatic carbocycles. The Morgan fingerprint density at radius 3 is 1.85 bits per heavy atom. The number of benzene rings is 1. The first-order valence-corrected chi connectivity index (χ1v) is 13.2. The molecule has 2 rings (SSSR count). The van der Waals surface area contributed by atoms with Crippen molar-refractivity contribution in [3.05, 3.63) is 36.0 Å². The summed E-state index contributed by atoms with van der Waals surface area (Å²) in [6, 6.07) is 1.90. The van der Waals surface area contributed by atoms with Crippen LogP contribution < -0.4 is 21.7 Å². The molecule has 1 aromatic heterocycles. The molecule has 0 spiro atoms. The molecule has 0 aliphatic rings. The van der Waals surface area contributed by atoms with Gasteiger partial charge in [-0.25, -0.2) is 4.79 Å². The zero-order valence-corrected chi connectivity index (χ0v) is 22.9. The number of hydrogen-bond acceptors (Lipinski definition) is 7. The summed E-state index contributed by atoms with van der Waals surface area (Å²) in [5.41, 5.74) is 7.32. The van der Waals surface area contributed by atoms with Gasteiger partial charge in [-0.05, 0) is 30.4 Å². The second-order valence-electron chi connectivity index (χ2n) is 9.86. The summed E-state index contributed by atoms with van der Waals surface area (Å²) >= 11 is 0. The lowest BCUT2D eigenvalue weighted by Gasteiger charge is -2.26. The van der Waals surface area contributed by atoms with Crippen LogP contribution >= 0.6 is 0 Å². The number of carbonyl (C=O) groups excluding carboxylic acids is 3. The van der Waals surface area contributed by atoms with Crippen LogP contribution in [-0.2, 0) is 35.2 Å². The number of para-hydroxylation sites is 1. The Bertz CT molecular complexity index is 1260. The van der Waals surface area contributed by atoms with E-state index in [0.29, 0.717) is 12.0 Å². The van der Waals surface area contributed by atoms with Crippen LogP contribution in [0.3, 0.4) is 0 Å². The van der Waals surface area contributed by atoms with E-state index in [-0.39, 0.29) is 18.8 Å². The van der Waals surface area contributed by atoms with Crippen molar-refractivity contribution in [2.45, 2.75) is 76.5 Å². The molecule has 0 fully saturated rings. The van der Waals surface area contributed by atoms with Gasteiger partial charge in [0.05, 0.1) is 6.04 Å². The van der Waals surface area contributed by atoms with Gasteiger partial charge in [-0.1, -0.05) is 38.5 Å². The van der Waals surface area contributed by atoms with E-state index in [9.17, 15) is 33.9 Å². The summed E-state index contributed by atoms with van der Waals surface area (Å²) in [7, 11) is 0. The van der Waals surface area contributed by atoms with Crippen LogP contribution in [0.2, 0.25) is 0 Å². The molecule has 1 heterocycles. The van der Waals surface area contributed by atoms with E-state index in [0.717, 1.165) is 10.9 Å². The lowest BCUT2D eigenvalue weighted by atomic mass is 9.98. The predicted octanol–water partition coefficient (Wildman–Crippen LogP) is 0.352. The van der Waals surface area contributed by atoms with Gasteiger partial charge in [0.25, 0.3) is 0 Å². The van der Waals surface area contributed by atoms with Gasteiger partial charge < -0.3 is 42.0 Å². The number of nitrogens with one attached hydrogen (secondary N) is 4. The van der Waals surface area contributed by atoms with Crippen molar-refractivity contribution in [1.29, 1.82) is 0 Å². The van der Waals surface area contributed by atoms with Crippen LogP contribution in [0.25, 0.3) is 10.9 Å². The number of fused-ring (bicyclic) bond motifs is 1. The molecular weight excluding hydrogens is 538 g/mol. The topological polar surface area (TPSA) is 241 Å². The molecule has 0 radical (unpaired) electrons. The molecule has 5 unspecified atom stereocenters. The predicted molar refractivity (Wildman–Crippen MR) is 147 cm³/mol. The van der Waals surface area contributed by atoms with Crippen molar-refractivity contribution >= 4 is 46.5 Å². The monoisotopic (exact) mass is 575 g/mol. The maximum atomic E-state index is 13.2. The van der Waals surface area contributed by atoms with Crippen molar-refractivity contribution in [2.75, 3.05) is 0 Å². The molecule has 0 saturated carbocycles. The molecular formula is C27H37N5O9. The lowest BCUT2D eigenvalue weighted by molar-refractivity contribution is -0.143. The summed E-state index contributed by atoms with van der Waals surface area (Å²) in [5.74, 6) is -6.67. The Morgan fingerprint density at radius 2 is 1.34 bits per heavy atom. The molecule has 14 nitrogen and oxygen atoms in total. The number of hydrogen-bond donors (Lipinski definition) is 8. The maximum absolute atomic E-state index is 13.2. The van der Waals surface area contributed by atoms with Crippen molar-refractivity contribution in [3.8, 4) is 0 Å². The third kappa shape index (κ3) is 9.90. The van der Waals surface area contributed by atoms with Crippen molar-refractivity contribution in [2.24, 2.45) is 11.7 Å². The number of aromatic amines is 1. The molecule has 9 N–H and O–H groups in total. The first kappa shape index (κ1) is 32.8. The fraction of sp³-hybridized carbons (Fsp3) is 0.481. The van der Waals surface area contributed by atoms with Gasteiger partial charge >= 0.3 is 17.9 Å². The summed E-state index contributed by atoms with van der Waals surface area (Å²) in [6.45, 7) is 3.55. The van der Waals surface area contributed by atoms with Crippen LogP contribution in [0, 0.1) is 5.92 Å². The average Bonchev–Trinajstić information content (AvgIpc) is 3.33. The van der Waals surface area contributed by atoms with Crippen LogP contribution in [0.1, 0.15) is 51.5 Å². The van der Waals surface area contributed by atoms with Gasteiger partial charge in [0.15, 0.2) is 0 Å². The minimum atomic E-state index is -1.49. The highest BCUT2D eigenvalue weighted by Crippen LogP contribution is 2.19. The van der Waals surface area contributed by atoms with Crippen LogP contribution in [0.4, 0.5) is 0 Å². The Morgan fingerprint density at radius 1 is 0.829 bits per heavy atom. The highest BCUT2D eigenvalue weighted by molar-refractivity contribution is 5.94. The van der Waals surface area contributed by atoms with E-state index in [1.165, 1.54) is 0 Å². The number of carbonyl (C=O) groups is 6. The van der Waals surface area contributed by atoms with Crippen LogP contribution in [0.15, 0.2) is 30.5 Å². The zero-order chi connectivity index (χ0) is 30.7. The standard InChI is InChI=1S/C27H37N5O9/c1-3-14(2)23(28)26(39)31-19(9-11-22(35)36)24(37)30-18(8-10-21(33)34)25(38)32-20(27(40)41)12-15-13-29-17-7-5-4-6-16(15)17/h4-7,13-14,18-20,23,29H,3,8-12,28H2,1-2H3,(H,30,37)(H,31,39)(H,32,38)(H,33,34)(H,35,36)(H,40,41). The SMILES string of the molecule is CCC(C)C(N)C(=O)NC(CCC(=O)O)C(=O)NC(CCC(=O)O)C(=O)NC(Cc1c[nH]c2ccccc12)C(=O)O. The van der Waals surface area contributed by atoms with E-state index in [1.807, 2.05) is 6.92 Å². The van der Waals surface area contributed by atoms with Gasteiger partial charge in [-0.2, -0.15) is 0 Å². The number of amides is 3. The summed E-state index contributed by atoms with van der Waals surface area (Å²) in [5, 5.41) is 35.9. The zero-order valence-electron chi connectivity index (χ0n) is 22.9. The van der Waals surface area contributed by atoms with Gasteiger partial charge in [0.1, 0.15) is 18.1 Å². The summed E-state index contributed by atoms with van der Waals surface area (Å²) < 4.78 is 0. The number of aromatic nitrogens is 1. The Kier molecular flexibility index (Phi) is 12.3. The third-order valence-corrected chi connectivity index (χ3v) is 6.83. The largest absolute Gasteiger partial charge is 0.481 e. The highest BCUT2D eigenvalue weighted by atomic mass is 16.4. The minimum absolute atomic E-state index is 0.102. The molecule has 224 valence electrons. The van der Waals surface area contributed by atoms with E-state index in [1.54, 1.807) is 37.4 Å². The molecule has 3 amide bonds. The molecule has 41 heavy (non-hydrogen) atoms. The average molecular weight is 576 g/mol. The van der Waals surface area contributed by atoms with E-state index in [2.05, 4.69) is 20.9 Å². The van der Waals surface area contributed by atoms with E-state index >= 15 is 0 Å². The fourth-order valence-corrected chi connectivity index (χ4v) is 4.12. The van der Waals surface area contributed by atoms with Crippen molar-refractivity contribution < 1.29 is 44.1 Å². The molecule has 0 aliphatic carbocycles. The highest BCUT2D eigenvalue weighted by Gasteiger charge is 2.32. The van der Waals surface area contributed by atoms with E-state index < -0.39 is 79.1 Å². The van der Waals surface area contributed by atoms with Gasteiger partial charge in [0.2, 0.25) is 17.7 Å². The number of H-pyrrole nitrogens is 1. The Labute approximate surface area is 236 Å². The smallest absolute Gasteiger partial charge is 0.326 e. The number of nitrogens with two attached hydrogens (primary N) is 1. The molecule has 2 aromatic rings. The third-order valence-electron chi connectivity index (χ3n) is 6.83.